The fourth-order valence-electron chi connectivity index (χ4n) is 3.49. The second-order valence-electron chi connectivity index (χ2n) is 6.94. The maximum absolute atomic E-state index is 12.7. The zero-order valence-corrected chi connectivity index (χ0v) is 12.5. The minimum absolute atomic E-state index is 0.00917. The minimum atomic E-state index is -0.368. The second kappa shape index (κ2) is 5.14. The van der Waals surface area contributed by atoms with Crippen LogP contribution in [-0.2, 0) is 9.59 Å². The molecule has 1 aliphatic heterocycles. The van der Waals surface area contributed by atoms with Crippen LogP contribution in [0, 0.1) is 5.92 Å². The summed E-state index contributed by atoms with van der Waals surface area (Å²) in [5, 5.41) is 2.96. The van der Waals surface area contributed by atoms with Crippen molar-refractivity contribution in [2.24, 2.45) is 5.92 Å². The Labute approximate surface area is 115 Å². The summed E-state index contributed by atoms with van der Waals surface area (Å²) in [5.74, 6) is 0.416. The third-order valence-electron chi connectivity index (χ3n) is 4.41. The SMILES string of the molecule is CC1C(=O)NC(C2CCCCC2)C(=O)N1C(C)(C)C. The van der Waals surface area contributed by atoms with E-state index in [-0.39, 0.29) is 29.4 Å². The Bertz CT molecular complexity index is 367. The number of nitrogens with zero attached hydrogens (tertiary/aromatic N) is 1. The van der Waals surface area contributed by atoms with E-state index in [0.29, 0.717) is 5.92 Å². The maximum Gasteiger partial charge on any atom is 0.246 e. The molecule has 1 saturated heterocycles. The van der Waals surface area contributed by atoms with Crippen LogP contribution in [0.25, 0.3) is 0 Å². The highest BCUT2D eigenvalue weighted by Gasteiger charge is 2.45. The van der Waals surface area contributed by atoms with Gasteiger partial charge in [0.2, 0.25) is 11.8 Å². The van der Waals surface area contributed by atoms with Gasteiger partial charge in [-0.05, 0) is 46.5 Å². The molecule has 1 aliphatic carbocycles. The van der Waals surface area contributed by atoms with Gasteiger partial charge in [0.25, 0.3) is 0 Å². The van der Waals surface area contributed by atoms with Crippen LogP contribution in [0.15, 0.2) is 0 Å². The van der Waals surface area contributed by atoms with Crippen molar-refractivity contribution < 1.29 is 9.59 Å². The zero-order valence-electron chi connectivity index (χ0n) is 12.5. The van der Waals surface area contributed by atoms with Crippen LogP contribution in [0.5, 0.6) is 0 Å². The van der Waals surface area contributed by atoms with Crippen molar-refractivity contribution in [2.45, 2.75) is 77.4 Å². The van der Waals surface area contributed by atoms with Gasteiger partial charge in [-0.25, -0.2) is 0 Å². The van der Waals surface area contributed by atoms with Gasteiger partial charge in [-0.15, -0.1) is 0 Å². The lowest BCUT2D eigenvalue weighted by molar-refractivity contribution is -0.156. The first-order chi connectivity index (χ1) is 8.82. The van der Waals surface area contributed by atoms with E-state index in [2.05, 4.69) is 5.32 Å². The largest absolute Gasteiger partial charge is 0.342 e. The highest BCUT2D eigenvalue weighted by Crippen LogP contribution is 2.31. The average molecular weight is 266 g/mol. The molecule has 1 heterocycles. The van der Waals surface area contributed by atoms with Gasteiger partial charge in [-0.1, -0.05) is 19.3 Å². The molecule has 2 aliphatic rings. The number of piperazine rings is 1. The Balaban J connectivity index is 2.21. The molecule has 2 rings (SSSR count). The van der Waals surface area contributed by atoms with E-state index < -0.39 is 0 Å². The molecule has 0 aromatic carbocycles. The Morgan fingerprint density at radius 2 is 1.68 bits per heavy atom. The third-order valence-corrected chi connectivity index (χ3v) is 4.41. The molecule has 1 saturated carbocycles. The molecule has 0 aromatic heterocycles. The van der Waals surface area contributed by atoms with Crippen LogP contribution in [0.3, 0.4) is 0 Å². The fourth-order valence-corrected chi connectivity index (χ4v) is 3.49. The normalized spacial score (nSPS) is 30.4. The number of carbonyl (C=O) groups excluding carboxylic acids is 2. The van der Waals surface area contributed by atoms with Gasteiger partial charge in [-0.2, -0.15) is 0 Å². The summed E-state index contributed by atoms with van der Waals surface area (Å²) in [6, 6.07) is -0.671. The van der Waals surface area contributed by atoms with E-state index in [4.69, 9.17) is 0 Å². The topological polar surface area (TPSA) is 49.4 Å². The highest BCUT2D eigenvalue weighted by atomic mass is 16.2. The Hall–Kier alpha value is -1.06. The summed E-state index contributed by atoms with van der Waals surface area (Å²) < 4.78 is 0. The molecular formula is C15H26N2O2. The van der Waals surface area contributed by atoms with Gasteiger partial charge in [0.05, 0.1) is 0 Å². The maximum atomic E-state index is 12.7. The van der Waals surface area contributed by atoms with E-state index >= 15 is 0 Å². The number of amides is 2. The van der Waals surface area contributed by atoms with Gasteiger partial charge < -0.3 is 10.2 Å². The molecule has 2 fully saturated rings. The molecule has 0 aromatic rings. The minimum Gasteiger partial charge on any atom is -0.342 e. The van der Waals surface area contributed by atoms with Gasteiger partial charge in [0.15, 0.2) is 0 Å². The van der Waals surface area contributed by atoms with Crippen molar-refractivity contribution in [3.05, 3.63) is 0 Å². The zero-order chi connectivity index (χ0) is 14.2. The van der Waals surface area contributed by atoms with Crippen LogP contribution in [0.2, 0.25) is 0 Å². The van der Waals surface area contributed by atoms with E-state index in [1.54, 1.807) is 4.90 Å². The van der Waals surface area contributed by atoms with Gasteiger partial charge in [0.1, 0.15) is 12.1 Å². The smallest absolute Gasteiger partial charge is 0.246 e. The molecule has 2 amide bonds. The molecule has 2 unspecified atom stereocenters. The molecule has 2 atom stereocenters. The predicted molar refractivity (Wildman–Crippen MR) is 74.6 cm³/mol. The quantitative estimate of drug-likeness (QED) is 0.790. The molecule has 0 bridgehead atoms. The first-order valence-corrected chi connectivity index (χ1v) is 7.46. The summed E-state index contributed by atoms with van der Waals surface area (Å²) in [7, 11) is 0. The molecule has 1 N–H and O–H groups in total. The molecule has 0 spiro atoms. The van der Waals surface area contributed by atoms with Gasteiger partial charge in [0, 0.05) is 5.54 Å². The number of nitrogens with one attached hydrogen (secondary N) is 1. The summed E-state index contributed by atoms with van der Waals surface area (Å²) in [5.41, 5.74) is -0.304. The Morgan fingerprint density at radius 3 is 2.21 bits per heavy atom. The molecule has 108 valence electrons. The van der Waals surface area contributed by atoms with Gasteiger partial charge in [-0.3, -0.25) is 9.59 Å². The molecule has 4 nitrogen and oxygen atoms in total. The Morgan fingerprint density at radius 1 is 1.11 bits per heavy atom. The van der Waals surface area contributed by atoms with Crippen molar-refractivity contribution in [2.75, 3.05) is 0 Å². The van der Waals surface area contributed by atoms with Crippen molar-refractivity contribution in [3.8, 4) is 0 Å². The van der Waals surface area contributed by atoms with Crippen LogP contribution < -0.4 is 5.32 Å². The van der Waals surface area contributed by atoms with Crippen LogP contribution >= 0.6 is 0 Å². The van der Waals surface area contributed by atoms with E-state index in [9.17, 15) is 9.59 Å². The summed E-state index contributed by atoms with van der Waals surface area (Å²) in [6.45, 7) is 7.81. The number of hydrogen-bond donors (Lipinski definition) is 1. The monoisotopic (exact) mass is 266 g/mol. The summed E-state index contributed by atoms with van der Waals surface area (Å²) in [4.78, 5) is 26.7. The van der Waals surface area contributed by atoms with E-state index in [1.807, 2.05) is 27.7 Å². The van der Waals surface area contributed by atoms with Crippen LogP contribution in [0.1, 0.15) is 59.8 Å². The average Bonchev–Trinajstić information content (AvgIpc) is 2.33. The molecule has 19 heavy (non-hydrogen) atoms. The Kier molecular flexibility index (Phi) is 3.88. The standard InChI is InChI=1S/C15H26N2O2/c1-10-13(18)16-12(11-8-6-5-7-9-11)14(19)17(10)15(2,3)4/h10-12H,5-9H2,1-4H3,(H,16,18). The lowest BCUT2D eigenvalue weighted by Crippen LogP contribution is -2.68. The second-order valence-corrected chi connectivity index (χ2v) is 6.94. The molecular weight excluding hydrogens is 240 g/mol. The number of rotatable bonds is 1. The molecule has 4 heteroatoms. The third kappa shape index (κ3) is 2.77. The highest BCUT2D eigenvalue weighted by molar-refractivity contribution is 5.97. The van der Waals surface area contributed by atoms with Gasteiger partial charge >= 0.3 is 0 Å². The first kappa shape index (κ1) is 14.4. The fraction of sp³-hybridized carbons (Fsp3) is 0.867. The first-order valence-electron chi connectivity index (χ1n) is 7.46. The van der Waals surface area contributed by atoms with Crippen molar-refractivity contribution in [1.29, 1.82) is 0 Å². The lowest BCUT2D eigenvalue weighted by atomic mass is 9.81. The summed E-state index contributed by atoms with van der Waals surface area (Å²) in [6.07, 6.45) is 5.72. The van der Waals surface area contributed by atoms with Crippen LogP contribution in [0.4, 0.5) is 0 Å². The van der Waals surface area contributed by atoms with Crippen molar-refractivity contribution in [1.82, 2.24) is 10.2 Å². The van der Waals surface area contributed by atoms with Crippen molar-refractivity contribution >= 4 is 11.8 Å². The summed E-state index contributed by atoms with van der Waals surface area (Å²) >= 11 is 0. The molecule has 0 radical (unpaired) electrons. The van der Waals surface area contributed by atoms with E-state index in [0.717, 1.165) is 12.8 Å². The predicted octanol–water partition coefficient (Wildman–Crippen LogP) is 2.08. The number of hydrogen-bond acceptors (Lipinski definition) is 2. The van der Waals surface area contributed by atoms with Crippen LogP contribution in [-0.4, -0.2) is 34.3 Å². The lowest BCUT2D eigenvalue weighted by Gasteiger charge is -2.47. The van der Waals surface area contributed by atoms with Crippen molar-refractivity contribution in [3.63, 3.8) is 0 Å². The van der Waals surface area contributed by atoms with E-state index in [1.165, 1.54) is 19.3 Å². The number of carbonyl (C=O) groups is 2.